The van der Waals surface area contributed by atoms with Gasteiger partial charge in [0.15, 0.2) is 0 Å². The summed E-state index contributed by atoms with van der Waals surface area (Å²) in [6.45, 7) is 1.73. The summed E-state index contributed by atoms with van der Waals surface area (Å²) in [7, 11) is 0. The number of pyridine rings is 1. The van der Waals surface area contributed by atoms with Crippen LogP contribution >= 0.6 is 0 Å². The Labute approximate surface area is 102 Å². The number of H-pyrrole nitrogens is 1. The molecule has 0 atom stereocenters. The van der Waals surface area contributed by atoms with Gasteiger partial charge < -0.3 is 4.98 Å². The molecule has 0 aromatic carbocycles. The Balaban J connectivity index is 2.15. The van der Waals surface area contributed by atoms with Crippen molar-refractivity contribution in [3.8, 4) is 0 Å². The van der Waals surface area contributed by atoms with Crippen molar-refractivity contribution in [2.45, 2.75) is 25.9 Å². The minimum Gasteiger partial charge on any atom is -0.346 e. The monoisotopic (exact) mass is 255 g/mol. The number of aromatic amines is 1. The third-order valence-corrected chi connectivity index (χ3v) is 2.52. The molecule has 0 fully saturated rings. The standard InChI is InChI=1S/C12H12F3N3/c1-8-10(6-9-2-4-16-5-3-9)18-11(17-8)7-12(13,14)15/h2-5H,6-7H2,1H3,(H,17,18). The quantitative estimate of drug-likeness (QED) is 0.916. The van der Waals surface area contributed by atoms with Crippen molar-refractivity contribution >= 4 is 0 Å². The first-order valence-corrected chi connectivity index (χ1v) is 5.44. The van der Waals surface area contributed by atoms with E-state index in [-0.39, 0.29) is 5.82 Å². The lowest BCUT2D eigenvalue weighted by Crippen LogP contribution is -2.12. The van der Waals surface area contributed by atoms with Crippen molar-refractivity contribution in [1.82, 2.24) is 15.0 Å². The van der Waals surface area contributed by atoms with Gasteiger partial charge >= 0.3 is 6.18 Å². The zero-order valence-corrected chi connectivity index (χ0v) is 9.75. The van der Waals surface area contributed by atoms with Crippen LogP contribution < -0.4 is 0 Å². The molecule has 0 unspecified atom stereocenters. The lowest BCUT2D eigenvalue weighted by Gasteiger charge is -2.01. The normalized spacial score (nSPS) is 11.8. The van der Waals surface area contributed by atoms with Crippen molar-refractivity contribution in [1.29, 1.82) is 0 Å². The Kier molecular flexibility index (Phi) is 3.36. The Morgan fingerprint density at radius 1 is 1.22 bits per heavy atom. The second-order valence-corrected chi connectivity index (χ2v) is 4.08. The van der Waals surface area contributed by atoms with E-state index >= 15 is 0 Å². The Morgan fingerprint density at radius 2 is 1.89 bits per heavy atom. The first kappa shape index (κ1) is 12.6. The van der Waals surface area contributed by atoms with Gasteiger partial charge in [-0.3, -0.25) is 4.98 Å². The van der Waals surface area contributed by atoms with E-state index in [1.54, 1.807) is 19.3 Å². The number of alkyl halides is 3. The summed E-state index contributed by atoms with van der Waals surface area (Å²) in [6.07, 6.45) is -1.47. The van der Waals surface area contributed by atoms with Crippen LogP contribution in [0.15, 0.2) is 24.5 Å². The van der Waals surface area contributed by atoms with E-state index in [4.69, 9.17) is 0 Å². The minimum absolute atomic E-state index is 0.0379. The van der Waals surface area contributed by atoms with Gasteiger partial charge in [-0.15, -0.1) is 0 Å². The van der Waals surface area contributed by atoms with Crippen LogP contribution in [0, 0.1) is 6.92 Å². The number of hydrogen-bond acceptors (Lipinski definition) is 2. The Bertz CT molecular complexity index is 517. The summed E-state index contributed by atoms with van der Waals surface area (Å²) in [5, 5.41) is 0. The molecular weight excluding hydrogens is 243 g/mol. The van der Waals surface area contributed by atoms with E-state index in [1.807, 2.05) is 12.1 Å². The van der Waals surface area contributed by atoms with Gasteiger partial charge in [0.05, 0.1) is 5.69 Å². The van der Waals surface area contributed by atoms with E-state index in [9.17, 15) is 13.2 Å². The Hall–Kier alpha value is -1.85. The van der Waals surface area contributed by atoms with Crippen molar-refractivity contribution in [3.63, 3.8) is 0 Å². The van der Waals surface area contributed by atoms with Crippen LogP contribution in [0.1, 0.15) is 22.8 Å². The highest BCUT2D eigenvalue weighted by Gasteiger charge is 2.29. The molecule has 0 spiro atoms. The number of aryl methyl sites for hydroxylation is 1. The van der Waals surface area contributed by atoms with E-state index in [0.29, 0.717) is 17.8 Å². The van der Waals surface area contributed by atoms with Crippen LogP contribution in [-0.4, -0.2) is 21.1 Å². The summed E-state index contributed by atoms with van der Waals surface area (Å²) in [5.74, 6) is -0.0379. The fourth-order valence-corrected chi connectivity index (χ4v) is 1.70. The largest absolute Gasteiger partial charge is 0.396 e. The van der Waals surface area contributed by atoms with Crippen molar-refractivity contribution in [2.75, 3.05) is 0 Å². The molecule has 2 rings (SSSR count). The van der Waals surface area contributed by atoms with Crippen LogP contribution in [0.5, 0.6) is 0 Å². The number of nitrogens with one attached hydrogen (secondary N) is 1. The second kappa shape index (κ2) is 4.80. The average Bonchev–Trinajstić information content (AvgIpc) is 2.58. The van der Waals surface area contributed by atoms with Crippen LogP contribution in [0.4, 0.5) is 13.2 Å². The van der Waals surface area contributed by atoms with Crippen molar-refractivity contribution in [3.05, 3.63) is 47.3 Å². The molecule has 96 valence electrons. The van der Waals surface area contributed by atoms with Gasteiger partial charge in [0.2, 0.25) is 0 Å². The lowest BCUT2D eigenvalue weighted by molar-refractivity contribution is -0.128. The molecule has 0 saturated heterocycles. The molecule has 1 N–H and O–H groups in total. The highest BCUT2D eigenvalue weighted by Crippen LogP contribution is 2.21. The van der Waals surface area contributed by atoms with Crippen LogP contribution in [0.3, 0.4) is 0 Å². The molecule has 6 heteroatoms. The maximum absolute atomic E-state index is 12.2. The zero-order chi connectivity index (χ0) is 13.2. The van der Waals surface area contributed by atoms with Crippen LogP contribution in [0.25, 0.3) is 0 Å². The maximum atomic E-state index is 12.2. The van der Waals surface area contributed by atoms with Gasteiger partial charge in [-0.2, -0.15) is 13.2 Å². The number of halogens is 3. The summed E-state index contributed by atoms with van der Waals surface area (Å²) in [4.78, 5) is 10.6. The zero-order valence-electron chi connectivity index (χ0n) is 9.75. The first-order chi connectivity index (χ1) is 8.44. The molecule has 0 aliphatic rings. The van der Waals surface area contributed by atoms with Gasteiger partial charge in [0.25, 0.3) is 0 Å². The summed E-state index contributed by atoms with van der Waals surface area (Å²) in [6, 6.07) is 3.63. The molecule has 18 heavy (non-hydrogen) atoms. The van der Waals surface area contributed by atoms with Gasteiger partial charge in [0, 0.05) is 24.5 Å². The number of rotatable bonds is 3. The highest BCUT2D eigenvalue weighted by atomic mass is 19.4. The van der Waals surface area contributed by atoms with E-state index < -0.39 is 12.6 Å². The number of nitrogens with zero attached hydrogens (tertiary/aromatic N) is 2. The van der Waals surface area contributed by atoms with E-state index in [0.717, 1.165) is 5.56 Å². The topological polar surface area (TPSA) is 41.6 Å². The van der Waals surface area contributed by atoms with Gasteiger partial charge in [0.1, 0.15) is 12.2 Å². The first-order valence-electron chi connectivity index (χ1n) is 5.44. The molecule has 0 radical (unpaired) electrons. The molecule has 3 nitrogen and oxygen atoms in total. The average molecular weight is 255 g/mol. The van der Waals surface area contributed by atoms with Crippen molar-refractivity contribution in [2.24, 2.45) is 0 Å². The molecule has 0 saturated carbocycles. The second-order valence-electron chi connectivity index (χ2n) is 4.08. The molecule has 2 aromatic rings. The third-order valence-electron chi connectivity index (χ3n) is 2.52. The predicted molar refractivity (Wildman–Crippen MR) is 60.1 cm³/mol. The molecular formula is C12H12F3N3. The Morgan fingerprint density at radius 3 is 2.50 bits per heavy atom. The van der Waals surface area contributed by atoms with Gasteiger partial charge in [-0.1, -0.05) is 0 Å². The smallest absolute Gasteiger partial charge is 0.346 e. The number of aromatic nitrogens is 3. The molecule has 2 aromatic heterocycles. The number of imidazole rings is 1. The lowest BCUT2D eigenvalue weighted by atomic mass is 10.1. The molecule has 0 aliphatic carbocycles. The van der Waals surface area contributed by atoms with Gasteiger partial charge in [-0.05, 0) is 24.6 Å². The van der Waals surface area contributed by atoms with Crippen LogP contribution in [-0.2, 0) is 12.8 Å². The summed E-state index contributed by atoms with van der Waals surface area (Å²) < 4.78 is 36.7. The SMILES string of the molecule is Cc1[nH]c(CC(F)(F)F)nc1Cc1ccncc1. The fourth-order valence-electron chi connectivity index (χ4n) is 1.70. The molecule has 2 heterocycles. The summed E-state index contributed by atoms with van der Waals surface area (Å²) >= 11 is 0. The molecule has 0 aliphatic heterocycles. The van der Waals surface area contributed by atoms with Crippen molar-refractivity contribution < 1.29 is 13.2 Å². The van der Waals surface area contributed by atoms with Gasteiger partial charge in [-0.25, -0.2) is 4.98 Å². The molecule has 0 amide bonds. The van der Waals surface area contributed by atoms with Crippen LogP contribution in [0.2, 0.25) is 0 Å². The highest BCUT2D eigenvalue weighted by molar-refractivity contribution is 5.23. The van der Waals surface area contributed by atoms with E-state index in [2.05, 4.69) is 15.0 Å². The minimum atomic E-state index is -4.24. The predicted octanol–water partition coefficient (Wildman–Crippen LogP) is 2.81. The summed E-state index contributed by atoms with van der Waals surface area (Å²) in [5.41, 5.74) is 2.28. The third kappa shape index (κ3) is 3.32. The van der Waals surface area contributed by atoms with E-state index in [1.165, 1.54) is 0 Å². The fraction of sp³-hybridized carbons (Fsp3) is 0.333. The number of hydrogen-bond donors (Lipinski definition) is 1. The molecule has 0 bridgehead atoms. The maximum Gasteiger partial charge on any atom is 0.396 e.